The van der Waals surface area contributed by atoms with Crippen molar-refractivity contribution in [3.8, 4) is 11.5 Å². The minimum atomic E-state index is -0.798. The number of para-hydroxylation sites is 1. The molecule has 7 nitrogen and oxygen atoms in total. The Morgan fingerprint density at radius 3 is 2.58 bits per heavy atom. The van der Waals surface area contributed by atoms with Gasteiger partial charge in [-0.1, -0.05) is 6.07 Å². The first-order valence-corrected chi connectivity index (χ1v) is 8.01. The summed E-state index contributed by atoms with van der Waals surface area (Å²) in [7, 11) is 3.06. The highest BCUT2D eigenvalue weighted by atomic mass is 16.5. The van der Waals surface area contributed by atoms with Gasteiger partial charge in [-0.15, -0.1) is 0 Å². The second-order valence-electron chi connectivity index (χ2n) is 5.67. The number of carbonyl (C=O) groups is 2. The van der Waals surface area contributed by atoms with Crippen LogP contribution in [0.1, 0.15) is 23.2 Å². The molecule has 1 heterocycles. The summed E-state index contributed by atoms with van der Waals surface area (Å²) < 4.78 is 10.6. The number of methoxy groups -OCH3 is 2. The van der Waals surface area contributed by atoms with Crippen molar-refractivity contribution < 1.29 is 24.2 Å². The van der Waals surface area contributed by atoms with Gasteiger partial charge in [-0.3, -0.25) is 9.59 Å². The van der Waals surface area contributed by atoms with E-state index < -0.39 is 5.97 Å². The van der Waals surface area contributed by atoms with Gasteiger partial charge in [0.25, 0.3) is 5.91 Å². The number of benzene rings is 1. The summed E-state index contributed by atoms with van der Waals surface area (Å²) in [6.45, 7) is 3.19. The van der Waals surface area contributed by atoms with Crippen LogP contribution >= 0.6 is 0 Å². The van der Waals surface area contributed by atoms with Crippen molar-refractivity contribution >= 4 is 11.9 Å². The molecule has 0 spiro atoms. The molecule has 0 bridgehead atoms. The Balaban J connectivity index is 2.07. The molecule has 0 radical (unpaired) electrons. The second kappa shape index (κ2) is 8.54. The van der Waals surface area contributed by atoms with Crippen LogP contribution in [0, 0.1) is 0 Å². The van der Waals surface area contributed by atoms with Crippen LogP contribution in [0.3, 0.4) is 0 Å². The summed E-state index contributed by atoms with van der Waals surface area (Å²) in [4.78, 5) is 27.4. The molecule has 0 aromatic heterocycles. The molecular weight excluding hydrogens is 312 g/mol. The Labute approximate surface area is 141 Å². The number of hydrogen-bond donors (Lipinski definition) is 1. The van der Waals surface area contributed by atoms with Crippen LogP contribution < -0.4 is 9.47 Å². The van der Waals surface area contributed by atoms with Gasteiger partial charge in [0.1, 0.15) is 0 Å². The second-order valence-corrected chi connectivity index (χ2v) is 5.67. The van der Waals surface area contributed by atoms with Crippen LogP contribution in [0.2, 0.25) is 0 Å². The molecular formula is C17H24N2O5. The van der Waals surface area contributed by atoms with E-state index in [1.54, 1.807) is 30.2 Å². The molecule has 2 rings (SSSR count). The molecule has 1 N–H and O–H groups in total. The van der Waals surface area contributed by atoms with Gasteiger partial charge in [0, 0.05) is 26.2 Å². The molecule has 0 atom stereocenters. The van der Waals surface area contributed by atoms with Crippen LogP contribution in [0.25, 0.3) is 0 Å². The van der Waals surface area contributed by atoms with E-state index in [-0.39, 0.29) is 12.3 Å². The Hall–Kier alpha value is -2.28. The van der Waals surface area contributed by atoms with E-state index in [0.29, 0.717) is 43.2 Å². The number of carboxylic acid groups (broad SMARTS) is 1. The quantitative estimate of drug-likeness (QED) is 0.844. The fourth-order valence-corrected chi connectivity index (χ4v) is 2.88. The fraction of sp³-hybridized carbons (Fsp3) is 0.529. The van der Waals surface area contributed by atoms with Crippen molar-refractivity contribution in [2.75, 3.05) is 46.9 Å². The van der Waals surface area contributed by atoms with Crippen molar-refractivity contribution in [3.63, 3.8) is 0 Å². The first-order chi connectivity index (χ1) is 11.6. The molecule has 7 heteroatoms. The number of ether oxygens (including phenoxy) is 2. The predicted molar refractivity (Wildman–Crippen MR) is 88.8 cm³/mol. The minimum absolute atomic E-state index is 0.0918. The molecule has 0 saturated carbocycles. The highest BCUT2D eigenvalue weighted by Crippen LogP contribution is 2.31. The molecule has 1 aliphatic rings. The summed E-state index contributed by atoms with van der Waals surface area (Å²) in [5.74, 6) is 0.0809. The zero-order valence-corrected chi connectivity index (χ0v) is 14.2. The molecule has 1 aromatic carbocycles. The van der Waals surface area contributed by atoms with E-state index in [9.17, 15) is 9.59 Å². The molecule has 0 aliphatic carbocycles. The van der Waals surface area contributed by atoms with Gasteiger partial charge in [-0.25, -0.2) is 0 Å². The number of nitrogens with zero attached hydrogens (tertiary/aromatic N) is 2. The van der Waals surface area contributed by atoms with Gasteiger partial charge < -0.3 is 24.4 Å². The summed E-state index contributed by atoms with van der Waals surface area (Å²) in [5, 5.41) is 8.79. The standard InChI is InChI=1S/C17H24N2O5/c1-23-14-6-3-5-13(16(14)24-2)17(22)19-9-4-8-18(11-12-19)10-7-15(20)21/h3,5-6H,4,7-12H2,1-2H3,(H,20,21). The smallest absolute Gasteiger partial charge is 0.304 e. The number of rotatable bonds is 6. The average molecular weight is 336 g/mol. The maximum atomic E-state index is 12.9. The lowest BCUT2D eigenvalue weighted by molar-refractivity contribution is -0.137. The third-order valence-electron chi connectivity index (χ3n) is 4.15. The van der Waals surface area contributed by atoms with Gasteiger partial charge in [0.15, 0.2) is 11.5 Å². The Morgan fingerprint density at radius 2 is 1.92 bits per heavy atom. The molecule has 1 fully saturated rings. The maximum Gasteiger partial charge on any atom is 0.304 e. The number of amides is 1. The molecule has 132 valence electrons. The number of carbonyl (C=O) groups excluding carboxylic acids is 1. The third kappa shape index (κ3) is 4.38. The number of hydrogen-bond acceptors (Lipinski definition) is 5. The van der Waals surface area contributed by atoms with Crippen LogP contribution in [-0.4, -0.2) is 73.7 Å². The Kier molecular flexibility index (Phi) is 6.43. The fourth-order valence-electron chi connectivity index (χ4n) is 2.88. The minimum Gasteiger partial charge on any atom is -0.493 e. The lowest BCUT2D eigenvalue weighted by Gasteiger charge is -2.23. The normalized spacial score (nSPS) is 15.7. The molecule has 0 unspecified atom stereocenters. The molecule has 1 amide bonds. The largest absolute Gasteiger partial charge is 0.493 e. The topological polar surface area (TPSA) is 79.3 Å². The SMILES string of the molecule is COc1cccc(C(=O)N2CCCN(CCC(=O)O)CC2)c1OC. The van der Waals surface area contributed by atoms with Crippen molar-refractivity contribution in [1.29, 1.82) is 0 Å². The lowest BCUT2D eigenvalue weighted by atomic mass is 10.1. The van der Waals surface area contributed by atoms with Crippen molar-refractivity contribution in [3.05, 3.63) is 23.8 Å². The number of aliphatic carboxylic acids is 1. The van der Waals surface area contributed by atoms with Crippen molar-refractivity contribution in [2.24, 2.45) is 0 Å². The van der Waals surface area contributed by atoms with E-state index in [2.05, 4.69) is 4.90 Å². The monoisotopic (exact) mass is 336 g/mol. The highest BCUT2D eigenvalue weighted by Gasteiger charge is 2.24. The van der Waals surface area contributed by atoms with Crippen LogP contribution in [-0.2, 0) is 4.79 Å². The molecule has 1 aliphatic heterocycles. The van der Waals surface area contributed by atoms with Gasteiger partial charge in [0.2, 0.25) is 0 Å². The van der Waals surface area contributed by atoms with E-state index in [1.165, 1.54) is 7.11 Å². The molecule has 24 heavy (non-hydrogen) atoms. The van der Waals surface area contributed by atoms with Crippen LogP contribution in [0.5, 0.6) is 11.5 Å². The third-order valence-corrected chi connectivity index (χ3v) is 4.15. The van der Waals surface area contributed by atoms with Gasteiger partial charge in [-0.2, -0.15) is 0 Å². The Morgan fingerprint density at radius 1 is 1.12 bits per heavy atom. The van der Waals surface area contributed by atoms with Gasteiger partial charge >= 0.3 is 5.97 Å². The number of carboxylic acids is 1. The first kappa shape index (κ1) is 18.1. The zero-order valence-electron chi connectivity index (χ0n) is 14.2. The highest BCUT2D eigenvalue weighted by molar-refractivity contribution is 5.97. The summed E-state index contributed by atoms with van der Waals surface area (Å²) in [6, 6.07) is 5.26. The van der Waals surface area contributed by atoms with Crippen LogP contribution in [0.4, 0.5) is 0 Å². The molecule has 1 aromatic rings. The van der Waals surface area contributed by atoms with Crippen LogP contribution in [0.15, 0.2) is 18.2 Å². The summed E-state index contributed by atoms with van der Waals surface area (Å²) in [6.07, 6.45) is 0.940. The van der Waals surface area contributed by atoms with E-state index in [0.717, 1.165) is 13.0 Å². The van der Waals surface area contributed by atoms with E-state index in [4.69, 9.17) is 14.6 Å². The van der Waals surface area contributed by atoms with Crippen molar-refractivity contribution in [1.82, 2.24) is 9.80 Å². The van der Waals surface area contributed by atoms with Gasteiger partial charge in [0.05, 0.1) is 26.2 Å². The summed E-state index contributed by atoms with van der Waals surface area (Å²) >= 11 is 0. The zero-order chi connectivity index (χ0) is 17.5. The van der Waals surface area contributed by atoms with Gasteiger partial charge in [-0.05, 0) is 25.1 Å². The maximum absolute atomic E-state index is 12.9. The summed E-state index contributed by atoms with van der Waals surface area (Å²) in [5.41, 5.74) is 0.482. The predicted octanol–water partition coefficient (Wildman–Crippen LogP) is 1.33. The van der Waals surface area contributed by atoms with E-state index >= 15 is 0 Å². The lowest BCUT2D eigenvalue weighted by Crippen LogP contribution is -2.35. The average Bonchev–Trinajstić information content (AvgIpc) is 2.84. The Bertz CT molecular complexity index is 590. The van der Waals surface area contributed by atoms with E-state index in [1.807, 2.05) is 0 Å². The van der Waals surface area contributed by atoms with Crippen molar-refractivity contribution in [2.45, 2.75) is 12.8 Å². The first-order valence-electron chi connectivity index (χ1n) is 8.01. The molecule has 1 saturated heterocycles.